The van der Waals surface area contributed by atoms with E-state index in [4.69, 9.17) is 19.3 Å². The van der Waals surface area contributed by atoms with E-state index in [0.717, 1.165) is 7.11 Å². The molecule has 0 radical (unpaired) electrons. The minimum absolute atomic E-state index is 0.558. The molecule has 6 atom stereocenters. The Morgan fingerprint density at radius 2 is 1.92 bits per heavy atom. The molecule has 26 heavy (non-hydrogen) atoms. The van der Waals surface area contributed by atoms with Gasteiger partial charge in [0.1, 0.15) is 23.9 Å². The van der Waals surface area contributed by atoms with Crippen molar-refractivity contribution in [1.82, 2.24) is 5.32 Å². The largest absolute Gasteiger partial charge is 0.477 e. The van der Waals surface area contributed by atoms with Crippen LogP contribution in [-0.4, -0.2) is 93.2 Å². The van der Waals surface area contributed by atoms with Crippen LogP contribution < -0.4 is 5.32 Å². The number of hydrogen-bond acceptors (Lipinski definition) is 9. The van der Waals surface area contributed by atoms with Crippen molar-refractivity contribution >= 4 is 12.1 Å². The summed E-state index contributed by atoms with van der Waals surface area (Å²) in [5.41, 5.74) is -0.847. The SMILES string of the molecule is CO[C@]1(C(=O)O)C[C@H](O)[C@@H](NC(=O)OC(C)(C)C)[C@H]([C@H](O)[C@H](O)CO)O1. The molecule has 0 aromatic heterocycles. The molecule has 1 heterocycles. The van der Waals surface area contributed by atoms with Crippen molar-refractivity contribution in [1.29, 1.82) is 0 Å². The molecule has 0 spiro atoms. The van der Waals surface area contributed by atoms with Crippen molar-refractivity contribution < 1.29 is 49.3 Å². The van der Waals surface area contributed by atoms with Crippen LogP contribution in [0, 0.1) is 0 Å². The summed E-state index contributed by atoms with van der Waals surface area (Å²) in [6.07, 6.45) is -8.17. The van der Waals surface area contributed by atoms with E-state index >= 15 is 0 Å². The second kappa shape index (κ2) is 8.46. The van der Waals surface area contributed by atoms with Gasteiger partial charge in [-0.3, -0.25) is 0 Å². The quantitative estimate of drug-likeness (QED) is 0.307. The molecule has 0 aliphatic carbocycles. The second-order valence-electron chi connectivity index (χ2n) is 7.03. The van der Waals surface area contributed by atoms with Gasteiger partial charge in [0.15, 0.2) is 0 Å². The van der Waals surface area contributed by atoms with Gasteiger partial charge >= 0.3 is 12.1 Å². The van der Waals surface area contributed by atoms with Crippen LogP contribution in [0.3, 0.4) is 0 Å². The lowest BCUT2D eigenvalue weighted by Gasteiger charge is -2.46. The smallest absolute Gasteiger partial charge is 0.408 e. The standard InChI is InChI=1S/C15H27NO10/c1-14(2,3)26-13(23)16-9-7(18)5-15(24-4,12(21)22)25-11(9)10(20)8(19)6-17/h7-11,17-20H,5-6H2,1-4H3,(H,16,23)(H,21,22)/t7-,8+,9+,10+,11+,15+/m0/s1. The van der Waals surface area contributed by atoms with E-state index in [0.29, 0.717) is 0 Å². The molecule has 0 saturated carbocycles. The molecule has 1 aliphatic heterocycles. The first-order chi connectivity index (χ1) is 11.9. The maximum Gasteiger partial charge on any atom is 0.408 e. The molecule has 0 unspecified atom stereocenters. The molecule has 1 aliphatic rings. The maximum atomic E-state index is 12.0. The van der Waals surface area contributed by atoms with Crippen molar-refractivity contribution in [3.8, 4) is 0 Å². The van der Waals surface area contributed by atoms with Gasteiger partial charge in [0.05, 0.1) is 18.8 Å². The number of nitrogens with one attached hydrogen (secondary N) is 1. The van der Waals surface area contributed by atoms with Gasteiger partial charge in [0.25, 0.3) is 5.79 Å². The fourth-order valence-electron chi connectivity index (χ4n) is 2.55. The predicted octanol–water partition coefficient (Wildman–Crippen LogP) is -1.83. The van der Waals surface area contributed by atoms with Crippen molar-refractivity contribution in [3.63, 3.8) is 0 Å². The number of amides is 1. The van der Waals surface area contributed by atoms with E-state index in [-0.39, 0.29) is 0 Å². The molecule has 0 aromatic carbocycles. The molecule has 152 valence electrons. The lowest BCUT2D eigenvalue weighted by atomic mass is 9.88. The van der Waals surface area contributed by atoms with E-state index in [9.17, 15) is 30.0 Å². The zero-order chi connectivity index (χ0) is 20.3. The number of methoxy groups -OCH3 is 1. The molecule has 1 fully saturated rings. The Balaban J connectivity index is 3.13. The number of carboxylic acid groups (broad SMARTS) is 1. The number of aliphatic carboxylic acids is 1. The predicted molar refractivity (Wildman–Crippen MR) is 85.1 cm³/mol. The lowest BCUT2D eigenvalue weighted by Crippen LogP contribution is -2.68. The maximum absolute atomic E-state index is 12.0. The first-order valence-corrected chi connectivity index (χ1v) is 7.98. The summed E-state index contributed by atoms with van der Waals surface area (Å²) in [5, 5.41) is 50.9. The van der Waals surface area contributed by atoms with Crippen LogP contribution >= 0.6 is 0 Å². The van der Waals surface area contributed by atoms with Crippen LogP contribution in [0.4, 0.5) is 4.79 Å². The molecular formula is C15H27NO10. The highest BCUT2D eigenvalue weighted by molar-refractivity contribution is 5.76. The van der Waals surface area contributed by atoms with Gasteiger partial charge in [-0.2, -0.15) is 0 Å². The lowest BCUT2D eigenvalue weighted by molar-refractivity contribution is -0.303. The van der Waals surface area contributed by atoms with Crippen molar-refractivity contribution in [2.75, 3.05) is 13.7 Å². The van der Waals surface area contributed by atoms with Crippen LogP contribution in [-0.2, 0) is 19.0 Å². The molecule has 11 heteroatoms. The molecule has 0 aromatic rings. The van der Waals surface area contributed by atoms with Crippen molar-refractivity contribution in [2.45, 2.75) is 69.0 Å². The summed E-state index contributed by atoms with van der Waals surface area (Å²) < 4.78 is 15.2. The van der Waals surface area contributed by atoms with Gasteiger partial charge in [-0.1, -0.05) is 0 Å². The number of hydrogen-bond donors (Lipinski definition) is 6. The summed E-state index contributed by atoms with van der Waals surface area (Å²) in [4.78, 5) is 23.5. The van der Waals surface area contributed by atoms with Gasteiger partial charge in [-0.15, -0.1) is 0 Å². The van der Waals surface area contributed by atoms with Gasteiger partial charge < -0.3 is 45.1 Å². The number of aliphatic hydroxyl groups is 4. The number of aliphatic hydroxyl groups excluding tert-OH is 4. The molecule has 1 saturated heterocycles. The van der Waals surface area contributed by atoms with E-state index in [1.54, 1.807) is 20.8 Å². The highest BCUT2D eigenvalue weighted by Gasteiger charge is 2.55. The van der Waals surface area contributed by atoms with Crippen LogP contribution in [0.2, 0.25) is 0 Å². The molecule has 0 bridgehead atoms. The number of ether oxygens (including phenoxy) is 3. The summed E-state index contributed by atoms with van der Waals surface area (Å²) >= 11 is 0. The van der Waals surface area contributed by atoms with Gasteiger partial charge in [0.2, 0.25) is 0 Å². The first kappa shape index (κ1) is 22.5. The minimum Gasteiger partial charge on any atom is -0.477 e. The van der Waals surface area contributed by atoms with Crippen LogP contribution in [0.15, 0.2) is 0 Å². The summed E-state index contributed by atoms with van der Waals surface area (Å²) in [6, 6.07) is -1.33. The number of carboxylic acids is 1. The third-order valence-electron chi connectivity index (χ3n) is 3.83. The van der Waals surface area contributed by atoms with Gasteiger partial charge in [0, 0.05) is 13.5 Å². The minimum atomic E-state index is -2.30. The number of carbonyl (C=O) groups is 2. The Morgan fingerprint density at radius 1 is 1.35 bits per heavy atom. The Morgan fingerprint density at radius 3 is 2.35 bits per heavy atom. The Hall–Kier alpha value is -1.50. The molecule has 1 rings (SSSR count). The van der Waals surface area contributed by atoms with Crippen LogP contribution in [0.5, 0.6) is 0 Å². The number of alkyl carbamates (subject to hydrolysis) is 1. The zero-order valence-corrected chi connectivity index (χ0v) is 15.1. The molecule has 11 nitrogen and oxygen atoms in total. The fourth-order valence-corrected chi connectivity index (χ4v) is 2.55. The number of carbonyl (C=O) groups excluding carboxylic acids is 1. The average molecular weight is 381 g/mol. The first-order valence-electron chi connectivity index (χ1n) is 7.98. The Kier molecular flexibility index (Phi) is 7.33. The number of rotatable bonds is 6. The molecule has 6 N–H and O–H groups in total. The third-order valence-corrected chi connectivity index (χ3v) is 3.83. The van der Waals surface area contributed by atoms with Crippen LogP contribution in [0.25, 0.3) is 0 Å². The average Bonchev–Trinajstić information content (AvgIpc) is 2.53. The second-order valence-corrected chi connectivity index (χ2v) is 7.03. The molecule has 1 amide bonds. The highest BCUT2D eigenvalue weighted by Crippen LogP contribution is 2.33. The van der Waals surface area contributed by atoms with E-state index in [1.165, 1.54) is 0 Å². The zero-order valence-electron chi connectivity index (χ0n) is 15.1. The van der Waals surface area contributed by atoms with Gasteiger partial charge in [-0.05, 0) is 20.8 Å². The highest BCUT2D eigenvalue weighted by atomic mass is 16.7. The Bertz CT molecular complexity index is 507. The van der Waals surface area contributed by atoms with E-state index in [1.807, 2.05) is 0 Å². The summed E-state index contributed by atoms with van der Waals surface area (Å²) in [6.45, 7) is 3.98. The monoisotopic (exact) mass is 381 g/mol. The normalized spacial score (nSPS) is 31.8. The summed E-state index contributed by atoms with van der Waals surface area (Å²) in [5.74, 6) is -3.86. The van der Waals surface area contributed by atoms with Crippen molar-refractivity contribution in [3.05, 3.63) is 0 Å². The summed E-state index contributed by atoms with van der Waals surface area (Å²) in [7, 11) is 1.04. The van der Waals surface area contributed by atoms with Crippen molar-refractivity contribution in [2.24, 2.45) is 0 Å². The fraction of sp³-hybridized carbons (Fsp3) is 0.867. The molecular weight excluding hydrogens is 354 g/mol. The van der Waals surface area contributed by atoms with Gasteiger partial charge in [-0.25, -0.2) is 9.59 Å². The van der Waals surface area contributed by atoms with E-state index < -0.39 is 66.9 Å². The topological polar surface area (TPSA) is 175 Å². The van der Waals surface area contributed by atoms with E-state index in [2.05, 4.69) is 5.32 Å². The third kappa shape index (κ3) is 5.25. The van der Waals surface area contributed by atoms with Crippen LogP contribution in [0.1, 0.15) is 27.2 Å². The Labute approximate surface area is 150 Å².